The van der Waals surface area contributed by atoms with E-state index in [0.717, 1.165) is 49.9 Å². The standard InChI is InChI=1S/C20H26N4O2/c1-15-3-5-17(6-4-15)14-21-18-13-16(2)22-19(23-18)24-9-7-20(8-10-24)25-11-12-26-20/h3-6,13H,7-12,14H2,1-2H3,(H,21,22,23). The zero-order valence-corrected chi connectivity index (χ0v) is 15.5. The molecule has 2 aromatic rings. The van der Waals surface area contributed by atoms with E-state index in [4.69, 9.17) is 14.5 Å². The van der Waals surface area contributed by atoms with E-state index in [9.17, 15) is 0 Å². The second kappa shape index (κ2) is 7.21. The minimum absolute atomic E-state index is 0.368. The molecule has 0 bridgehead atoms. The van der Waals surface area contributed by atoms with Gasteiger partial charge in [-0.25, -0.2) is 4.98 Å². The van der Waals surface area contributed by atoms with E-state index in [1.807, 2.05) is 13.0 Å². The van der Waals surface area contributed by atoms with Crippen LogP contribution in [0.5, 0.6) is 0 Å². The van der Waals surface area contributed by atoms with Gasteiger partial charge in [-0.3, -0.25) is 0 Å². The minimum Gasteiger partial charge on any atom is -0.366 e. The number of anilines is 2. The van der Waals surface area contributed by atoms with Crippen molar-refractivity contribution in [3.05, 3.63) is 47.2 Å². The fourth-order valence-electron chi connectivity index (χ4n) is 3.52. The Labute approximate surface area is 154 Å². The van der Waals surface area contributed by atoms with Crippen LogP contribution < -0.4 is 10.2 Å². The third-order valence-corrected chi connectivity index (χ3v) is 5.06. The highest BCUT2D eigenvalue weighted by atomic mass is 16.7. The van der Waals surface area contributed by atoms with Crippen molar-refractivity contribution < 1.29 is 9.47 Å². The van der Waals surface area contributed by atoms with Crippen LogP contribution in [-0.4, -0.2) is 42.1 Å². The molecule has 1 aromatic heterocycles. The first-order chi connectivity index (χ1) is 12.6. The van der Waals surface area contributed by atoms with Crippen molar-refractivity contribution in [3.8, 4) is 0 Å². The van der Waals surface area contributed by atoms with Crippen molar-refractivity contribution in [1.29, 1.82) is 0 Å². The summed E-state index contributed by atoms with van der Waals surface area (Å²) < 4.78 is 11.6. The predicted octanol–water partition coefficient (Wildman–Crippen LogP) is 3.05. The molecule has 2 aliphatic rings. The van der Waals surface area contributed by atoms with Gasteiger partial charge < -0.3 is 19.7 Å². The van der Waals surface area contributed by atoms with Gasteiger partial charge in [-0.2, -0.15) is 4.98 Å². The van der Waals surface area contributed by atoms with Crippen LogP contribution in [0.3, 0.4) is 0 Å². The molecule has 1 spiro atoms. The van der Waals surface area contributed by atoms with E-state index in [2.05, 4.69) is 46.4 Å². The molecular weight excluding hydrogens is 328 g/mol. The molecule has 0 aliphatic carbocycles. The topological polar surface area (TPSA) is 59.5 Å². The second-order valence-corrected chi connectivity index (χ2v) is 7.13. The molecule has 2 fully saturated rings. The van der Waals surface area contributed by atoms with Crippen LogP contribution in [-0.2, 0) is 16.0 Å². The molecule has 6 nitrogen and oxygen atoms in total. The molecule has 2 saturated heterocycles. The minimum atomic E-state index is -0.368. The van der Waals surface area contributed by atoms with Gasteiger partial charge in [-0.15, -0.1) is 0 Å². The zero-order valence-electron chi connectivity index (χ0n) is 15.5. The summed E-state index contributed by atoms with van der Waals surface area (Å²) in [6.07, 6.45) is 1.72. The van der Waals surface area contributed by atoms with Gasteiger partial charge in [0.1, 0.15) is 5.82 Å². The molecule has 3 heterocycles. The molecule has 4 rings (SSSR count). The number of nitrogens with one attached hydrogen (secondary N) is 1. The maximum Gasteiger partial charge on any atom is 0.227 e. The lowest BCUT2D eigenvalue weighted by molar-refractivity contribution is -0.169. The highest BCUT2D eigenvalue weighted by Gasteiger charge is 2.40. The first kappa shape index (κ1) is 17.2. The fraction of sp³-hybridized carbons (Fsp3) is 0.500. The molecule has 1 N–H and O–H groups in total. The van der Waals surface area contributed by atoms with Gasteiger partial charge >= 0.3 is 0 Å². The van der Waals surface area contributed by atoms with Crippen molar-refractivity contribution >= 4 is 11.8 Å². The summed E-state index contributed by atoms with van der Waals surface area (Å²) in [5, 5.41) is 3.42. The van der Waals surface area contributed by atoms with Crippen LogP contribution >= 0.6 is 0 Å². The van der Waals surface area contributed by atoms with Crippen LogP contribution in [0.25, 0.3) is 0 Å². The summed E-state index contributed by atoms with van der Waals surface area (Å²) in [4.78, 5) is 11.6. The van der Waals surface area contributed by atoms with E-state index in [-0.39, 0.29) is 5.79 Å². The molecule has 2 aliphatic heterocycles. The molecule has 138 valence electrons. The summed E-state index contributed by atoms with van der Waals surface area (Å²) in [7, 11) is 0. The Bertz CT molecular complexity index is 747. The quantitative estimate of drug-likeness (QED) is 0.911. The monoisotopic (exact) mass is 354 g/mol. The van der Waals surface area contributed by atoms with Crippen LogP contribution in [0.4, 0.5) is 11.8 Å². The molecule has 6 heteroatoms. The van der Waals surface area contributed by atoms with Gasteiger partial charge in [0.2, 0.25) is 5.95 Å². The first-order valence-electron chi connectivity index (χ1n) is 9.30. The van der Waals surface area contributed by atoms with Crippen LogP contribution in [0.1, 0.15) is 29.7 Å². The van der Waals surface area contributed by atoms with Gasteiger partial charge in [0, 0.05) is 44.2 Å². The second-order valence-electron chi connectivity index (χ2n) is 7.13. The molecule has 0 saturated carbocycles. The fourth-order valence-corrected chi connectivity index (χ4v) is 3.52. The number of benzene rings is 1. The van der Waals surface area contributed by atoms with Crippen molar-refractivity contribution in [2.24, 2.45) is 0 Å². The summed E-state index contributed by atoms with van der Waals surface area (Å²) in [6, 6.07) is 10.5. The summed E-state index contributed by atoms with van der Waals surface area (Å²) in [5.74, 6) is 1.28. The normalized spacial score (nSPS) is 19.1. The Morgan fingerprint density at radius 3 is 2.42 bits per heavy atom. The number of rotatable bonds is 4. The molecule has 0 radical (unpaired) electrons. The number of aromatic nitrogens is 2. The molecule has 0 amide bonds. The number of hydrogen-bond acceptors (Lipinski definition) is 6. The number of aryl methyl sites for hydroxylation is 2. The SMILES string of the molecule is Cc1ccc(CNc2cc(C)nc(N3CCC4(CC3)OCCO4)n2)cc1. The van der Waals surface area contributed by atoms with E-state index < -0.39 is 0 Å². The molecule has 26 heavy (non-hydrogen) atoms. The smallest absolute Gasteiger partial charge is 0.227 e. The Morgan fingerprint density at radius 1 is 1.04 bits per heavy atom. The average molecular weight is 354 g/mol. The molecule has 1 aromatic carbocycles. The number of hydrogen-bond donors (Lipinski definition) is 1. The molecule has 0 unspecified atom stereocenters. The van der Waals surface area contributed by atoms with E-state index >= 15 is 0 Å². The van der Waals surface area contributed by atoms with E-state index in [1.165, 1.54) is 11.1 Å². The van der Waals surface area contributed by atoms with Gasteiger partial charge in [0.05, 0.1) is 13.2 Å². The van der Waals surface area contributed by atoms with Crippen LogP contribution in [0.2, 0.25) is 0 Å². The Balaban J connectivity index is 1.42. The lowest BCUT2D eigenvalue weighted by Crippen LogP contribution is -2.45. The van der Waals surface area contributed by atoms with Gasteiger partial charge in [0.25, 0.3) is 0 Å². The van der Waals surface area contributed by atoms with Crippen molar-refractivity contribution in [2.75, 3.05) is 36.5 Å². The van der Waals surface area contributed by atoms with Gasteiger partial charge in [-0.05, 0) is 19.4 Å². The highest BCUT2D eigenvalue weighted by molar-refractivity contribution is 5.44. The van der Waals surface area contributed by atoms with Crippen LogP contribution in [0, 0.1) is 13.8 Å². The number of ether oxygens (including phenoxy) is 2. The number of nitrogens with zero attached hydrogens (tertiary/aromatic N) is 3. The largest absolute Gasteiger partial charge is 0.366 e. The first-order valence-corrected chi connectivity index (χ1v) is 9.30. The average Bonchev–Trinajstić information content (AvgIpc) is 3.09. The van der Waals surface area contributed by atoms with Crippen molar-refractivity contribution in [3.63, 3.8) is 0 Å². The third kappa shape index (κ3) is 3.81. The van der Waals surface area contributed by atoms with Gasteiger partial charge in [0.15, 0.2) is 5.79 Å². The lowest BCUT2D eigenvalue weighted by atomic mass is 10.0. The highest BCUT2D eigenvalue weighted by Crippen LogP contribution is 2.32. The summed E-state index contributed by atoms with van der Waals surface area (Å²) >= 11 is 0. The van der Waals surface area contributed by atoms with E-state index in [0.29, 0.717) is 13.2 Å². The zero-order chi connectivity index (χ0) is 18.0. The third-order valence-electron chi connectivity index (χ3n) is 5.06. The maximum absolute atomic E-state index is 5.81. The van der Waals surface area contributed by atoms with Gasteiger partial charge in [-0.1, -0.05) is 29.8 Å². The molecule has 0 atom stereocenters. The predicted molar refractivity (Wildman–Crippen MR) is 101 cm³/mol. The Hall–Kier alpha value is -2.18. The maximum atomic E-state index is 5.81. The van der Waals surface area contributed by atoms with Crippen molar-refractivity contribution in [2.45, 2.75) is 39.0 Å². The molecular formula is C20H26N4O2. The van der Waals surface area contributed by atoms with Crippen molar-refractivity contribution in [1.82, 2.24) is 9.97 Å². The van der Waals surface area contributed by atoms with E-state index in [1.54, 1.807) is 0 Å². The summed E-state index contributed by atoms with van der Waals surface area (Å²) in [5.41, 5.74) is 3.48. The Morgan fingerprint density at radius 2 is 1.73 bits per heavy atom. The number of piperidine rings is 1. The Kier molecular flexibility index (Phi) is 4.78. The lowest BCUT2D eigenvalue weighted by Gasteiger charge is -2.37. The summed E-state index contributed by atoms with van der Waals surface area (Å²) in [6.45, 7) is 7.96. The van der Waals surface area contributed by atoms with Crippen LogP contribution in [0.15, 0.2) is 30.3 Å².